The maximum absolute atomic E-state index is 12.9. The molecular weight excluding hydrogens is 754 g/mol. The maximum atomic E-state index is 12.9. The number of nitrogens with zero attached hydrogens (tertiary/aromatic N) is 3. The topological polar surface area (TPSA) is 194 Å². The number of carbonyl (C=O) groups excluding carboxylic acids is 4. The minimum absolute atomic E-state index is 0.00176. The number of benzene rings is 3. The number of nitro benzene ring substituents is 1. The average molecular weight is 808 g/mol. The molecule has 0 aliphatic heterocycles. The van der Waals surface area contributed by atoms with Crippen molar-refractivity contribution in [3.63, 3.8) is 0 Å². The third-order valence-electron chi connectivity index (χ3n) is 8.55. The molecule has 16 heteroatoms. The molecule has 0 spiro atoms. The van der Waals surface area contributed by atoms with Crippen molar-refractivity contribution in [3.8, 4) is 11.5 Å². The van der Waals surface area contributed by atoms with Crippen LogP contribution in [0.4, 0.5) is 17.1 Å². The van der Waals surface area contributed by atoms with Gasteiger partial charge in [-0.2, -0.15) is 0 Å². The molecule has 3 aromatic rings. The Kier molecular flexibility index (Phi) is 17.5. The van der Waals surface area contributed by atoms with Gasteiger partial charge in [0.05, 0.1) is 68.6 Å². The van der Waals surface area contributed by atoms with Crippen molar-refractivity contribution >= 4 is 53.1 Å². The Morgan fingerprint density at radius 1 is 0.810 bits per heavy atom. The lowest BCUT2D eigenvalue weighted by Crippen LogP contribution is -2.36. The highest BCUT2D eigenvalue weighted by molar-refractivity contribution is 5.91. The number of aromatic hydroxyl groups is 1. The zero-order chi connectivity index (χ0) is 43.0. The van der Waals surface area contributed by atoms with E-state index in [4.69, 9.17) is 28.4 Å². The Morgan fingerprint density at radius 2 is 1.43 bits per heavy atom. The van der Waals surface area contributed by atoms with Crippen molar-refractivity contribution in [2.45, 2.75) is 53.1 Å². The number of nitro groups is 1. The largest absolute Gasteiger partial charge is 0.506 e. The fourth-order valence-corrected chi connectivity index (χ4v) is 5.78. The fraction of sp³-hybridized carbons (Fsp3) is 0.429. The molecule has 58 heavy (non-hydrogen) atoms. The molecule has 0 fully saturated rings. The van der Waals surface area contributed by atoms with Crippen LogP contribution in [0, 0.1) is 17.0 Å². The fourth-order valence-electron chi connectivity index (χ4n) is 5.78. The molecule has 0 bridgehead atoms. The van der Waals surface area contributed by atoms with Crippen LogP contribution in [0.15, 0.2) is 48.5 Å². The molecule has 0 heterocycles. The van der Waals surface area contributed by atoms with Crippen molar-refractivity contribution in [2.75, 3.05) is 77.1 Å². The Bertz CT molecular complexity index is 1950. The minimum Gasteiger partial charge on any atom is -0.506 e. The third kappa shape index (κ3) is 14.1. The standard InChI is InChI=1S/C42H53N3O13/c1-9-57-37-25-31(13-11-29-12-14-32(41(50)55-8)24-34(29)45(51)52)30(15-17-38(47)58-42(3,4)5)23-35(37)44(27-40(49)54-7)19-21-56-20-18-43(26-39(48)53-6)33-16-10-28(2)22-36(33)46/h10-14,16,22-25,46H,9,15,17-21,26-27H2,1-8H3/b13-11+. The first-order chi connectivity index (χ1) is 27.5. The van der Waals surface area contributed by atoms with Gasteiger partial charge in [-0.1, -0.05) is 12.1 Å². The van der Waals surface area contributed by atoms with Gasteiger partial charge < -0.3 is 43.3 Å². The number of anilines is 2. The molecule has 0 aliphatic rings. The minimum atomic E-state index is -0.718. The Labute approximate surface area is 338 Å². The Balaban J connectivity index is 2.00. The molecule has 0 amide bonds. The van der Waals surface area contributed by atoms with Crippen LogP contribution >= 0.6 is 0 Å². The second-order valence-corrected chi connectivity index (χ2v) is 14.0. The number of ether oxygens (including phenoxy) is 6. The summed E-state index contributed by atoms with van der Waals surface area (Å²) in [7, 11) is 3.74. The first-order valence-corrected chi connectivity index (χ1v) is 18.6. The van der Waals surface area contributed by atoms with Gasteiger partial charge in [0, 0.05) is 25.6 Å². The van der Waals surface area contributed by atoms with E-state index < -0.39 is 34.4 Å². The summed E-state index contributed by atoms with van der Waals surface area (Å²) in [4.78, 5) is 64.6. The molecule has 1 N–H and O–H groups in total. The van der Waals surface area contributed by atoms with Gasteiger partial charge >= 0.3 is 23.9 Å². The van der Waals surface area contributed by atoms with E-state index in [0.29, 0.717) is 28.3 Å². The van der Waals surface area contributed by atoms with Crippen LogP contribution in [0.3, 0.4) is 0 Å². The van der Waals surface area contributed by atoms with E-state index in [0.717, 1.165) is 11.6 Å². The average Bonchev–Trinajstić information content (AvgIpc) is 3.17. The highest BCUT2D eigenvalue weighted by Crippen LogP contribution is 2.35. The summed E-state index contributed by atoms with van der Waals surface area (Å²) >= 11 is 0. The molecule has 0 saturated heterocycles. The molecule has 3 rings (SSSR count). The Hall–Kier alpha value is -6.16. The number of hydrogen-bond donors (Lipinski definition) is 1. The lowest BCUT2D eigenvalue weighted by atomic mass is 9.98. The quantitative estimate of drug-likeness (QED) is 0.0333. The summed E-state index contributed by atoms with van der Waals surface area (Å²) in [6.45, 7) is 9.54. The molecule has 0 radical (unpaired) electrons. The zero-order valence-corrected chi connectivity index (χ0v) is 34.3. The predicted octanol–water partition coefficient (Wildman–Crippen LogP) is 5.91. The highest BCUT2D eigenvalue weighted by atomic mass is 16.6. The van der Waals surface area contributed by atoms with Gasteiger partial charge in [-0.15, -0.1) is 0 Å². The van der Waals surface area contributed by atoms with E-state index in [-0.39, 0.29) is 81.4 Å². The molecule has 0 unspecified atom stereocenters. The monoisotopic (exact) mass is 807 g/mol. The van der Waals surface area contributed by atoms with Crippen LogP contribution in [0.5, 0.6) is 11.5 Å². The number of carbonyl (C=O) groups is 4. The summed E-state index contributed by atoms with van der Waals surface area (Å²) in [5.74, 6) is -1.81. The van der Waals surface area contributed by atoms with E-state index in [2.05, 4.69) is 0 Å². The van der Waals surface area contributed by atoms with Crippen molar-refractivity contribution < 1.29 is 57.6 Å². The molecule has 0 aromatic heterocycles. The summed E-state index contributed by atoms with van der Waals surface area (Å²) in [6.07, 6.45) is 3.37. The van der Waals surface area contributed by atoms with Crippen LogP contribution in [-0.2, 0) is 44.5 Å². The van der Waals surface area contributed by atoms with Crippen molar-refractivity contribution in [3.05, 3.63) is 86.5 Å². The van der Waals surface area contributed by atoms with E-state index in [1.54, 1.807) is 67.8 Å². The van der Waals surface area contributed by atoms with Crippen molar-refractivity contribution in [1.82, 2.24) is 0 Å². The normalized spacial score (nSPS) is 11.2. The Morgan fingerprint density at radius 3 is 1.98 bits per heavy atom. The van der Waals surface area contributed by atoms with Gasteiger partial charge in [0.1, 0.15) is 30.2 Å². The first kappa shape index (κ1) is 46.2. The van der Waals surface area contributed by atoms with Gasteiger partial charge in [-0.05, 0) is 100 Å². The second-order valence-electron chi connectivity index (χ2n) is 14.0. The molecule has 0 aliphatic carbocycles. The van der Waals surface area contributed by atoms with E-state index in [9.17, 15) is 34.4 Å². The van der Waals surface area contributed by atoms with Crippen LogP contribution < -0.4 is 14.5 Å². The lowest BCUT2D eigenvalue weighted by Gasteiger charge is -2.28. The first-order valence-electron chi connectivity index (χ1n) is 18.6. The van der Waals surface area contributed by atoms with Gasteiger partial charge in [-0.25, -0.2) is 4.79 Å². The second kappa shape index (κ2) is 22.0. The SMILES string of the molecule is CCOc1cc(/C=C/c2ccc(C(=O)OC)cc2[N+](=O)[O-])c(CCC(=O)OC(C)(C)C)cc1N(CCOCCN(CC(=O)OC)c1ccc(C)cc1O)CC(=O)OC. The van der Waals surface area contributed by atoms with Crippen LogP contribution in [0.2, 0.25) is 0 Å². The highest BCUT2D eigenvalue weighted by Gasteiger charge is 2.23. The number of hydrogen-bond acceptors (Lipinski definition) is 15. The summed E-state index contributed by atoms with van der Waals surface area (Å²) < 4.78 is 32.2. The van der Waals surface area contributed by atoms with Gasteiger partial charge in [0.15, 0.2) is 0 Å². The smallest absolute Gasteiger partial charge is 0.338 e. The third-order valence-corrected chi connectivity index (χ3v) is 8.55. The molecule has 3 aromatic carbocycles. The molecule has 0 atom stereocenters. The van der Waals surface area contributed by atoms with Gasteiger partial charge in [0.25, 0.3) is 5.69 Å². The van der Waals surface area contributed by atoms with E-state index >= 15 is 0 Å². The summed E-state index contributed by atoms with van der Waals surface area (Å²) in [5.41, 5.74) is 2.20. The summed E-state index contributed by atoms with van der Waals surface area (Å²) in [6, 6.07) is 12.6. The number of aryl methyl sites for hydroxylation is 2. The maximum Gasteiger partial charge on any atom is 0.338 e. The van der Waals surface area contributed by atoms with Crippen LogP contribution in [-0.4, -0.2) is 107 Å². The molecular formula is C42H53N3O13. The number of methoxy groups -OCH3 is 3. The number of phenols is 1. The lowest BCUT2D eigenvalue weighted by molar-refractivity contribution is -0.385. The number of rotatable bonds is 21. The molecule has 16 nitrogen and oxygen atoms in total. The molecule has 0 saturated carbocycles. The zero-order valence-electron chi connectivity index (χ0n) is 34.3. The van der Waals surface area contributed by atoms with E-state index in [1.807, 2.05) is 13.0 Å². The van der Waals surface area contributed by atoms with Crippen molar-refractivity contribution in [1.29, 1.82) is 0 Å². The number of esters is 4. The van der Waals surface area contributed by atoms with Crippen LogP contribution in [0.25, 0.3) is 12.2 Å². The van der Waals surface area contributed by atoms with Crippen LogP contribution in [0.1, 0.15) is 66.7 Å². The molecule has 314 valence electrons. The van der Waals surface area contributed by atoms with Gasteiger partial charge in [-0.3, -0.25) is 24.5 Å². The predicted molar refractivity (Wildman–Crippen MR) is 217 cm³/mol. The van der Waals surface area contributed by atoms with Gasteiger partial charge in [0.2, 0.25) is 0 Å². The number of phenolic OH excluding ortho intramolecular Hbond substituents is 1. The summed E-state index contributed by atoms with van der Waals surface area (Å²) in [5, 5.41) is 22.6. The van der Waals surface area contributed by atoms with E-state index in [1.165, 1.54) is 39.5 Å². The van der Waals surface area contributed by atoms with Crippen molar-refractivity contribution in [2.24, 2.45) is 0 Å².